The van der Waals surface area contributed by atoms with Crippen LogP contribution >= 0.6 is 0 Å². The highest BCUT2D eigenvalue weighted by molar-refractivity contribution is 5.39. The van der Waals surface area contributed by atoms with Crippen LogP contribution in [0.1, 0.15) is 32.6 Å². The lowest BCUT2D eigenvalue weighted by atomic mass is 9.86. The number of allylic oxidation sites excluding steroid dienone is 4. The summed E-state index contributed by atoms with van der Waals surface area (Å²) in [6.45, 7) is 2.30. The molecule has 4 unspecified atom stereocenters. The summed E-state index contributed by atoms with van der Waals surface area (Å²) in [6.07, 6.45) is 12.8. The molecule has 3 aliphatic carbocycles. The van der Waals surface area contributed by atoms with Crippen LogP contribution < -0.4 is 5.32 Å². The Balaban J connectivity index is 1.77. The molecule has 1 N–H and O–H groups in total. The molecule has 0 aromatic carbocycles. The molecule has 3 aliphatic rings. The Kier molecular flexibility index (Phi) is 2.07. The van der Waals surface area contributed by atoms with Crippen molar-refractivity contribution in [3.8, 4) is 0 Å². The Morgan fingerprint density at radius 3 is 2.87 bits per heavy atom. The molecule has 0 heterocycles. The van der Waals surface area contributed by atoms with E-state index in [1.165, 1.54) is 25.7 Å². The van der Waals surface area contributed by atoms with E-state index in [4.69, 9.17) is 0 Å². The summed E-state index contributed by atoms with van der Waals surface area (Å²) in [4.78, 5) is 0. The van der Waals surface area contributed by atoms with Crippen molar-refractivity contribution in [2.24, 2.45) is 17.3 Å². The van der Waals surface area contributed by atoms with Crippen molar-refractivity contribution in [3.63, 3.8) is 0 Å². The molecule has 0 aromatic heterocycles. The Morgan fingerprint density at radius 2 is 2.27 bits per heavy atom. The fourth-order valence-corrected chi connectivity index (χ4v) is 3.59. The number of nitrogens with one attached hydrogen (secondary N) is 1. The normalized spacial score (nSPS) is 47.6. The van der Waals surface area contributed by atoms with Gasteiger partial charge in [-0.15, -0.1) is 0 Å². The van der Waals surface area contributed by atoms with Crippen LogP contribution in [0.15, 0.2) is 23.8 Å². The molecule has 1 nitrogen and oxygen atoms in total. The summed E-state index contributed by atoms with van der Waals surface area (Å²) >= 11 is 0. The predicted molar refractivity (Wildman–Crippen MR) is 63.6 cm³/mol. The van der Waals surface area contributed by atoms with Crippen LogP contribution in [0.5, 0.6) is 0 Å². The third-order valence-electron chi connectivity index (χ3n) is 4.71. The van der Waals surface area contributed by atoms with Crippen molar-refractivity contribution >= 4 is 0 Å². The molecule has 0 amide bonds. The van der Waals surface area contributed by atoms with Gasteiger partial charge in [0.1, 0.15) is 0 Å². The molecule has 0 bridgehead atoms. The van der Waals surface area contributed by atoms with E-state index in [0.29, 0.717) is 5.41 Å². The van der Waals surface area contributed by atoms with Crippen molar-refractivity contribution < 1.29 is 0 Å². The zero-order valence-corrected chi connectivity index (χ0v) is 9.79. The minimum atomic E-state index is 0.602. The Labute approximate surface area is 92.6 Å². The lowest BCUT2D eigenvalue weighted by molar-refractivity contribution is 0.485. The highest BCUT2D eigenvalue weighted by Gasteiger charge is 2.61. The molecule has 3 rings (SSSR count). The van der Waals surface area contributed by atoms with Crippen LogP contribution in [0.2, 0.25) is 0 Å². The van der Waals surface area contributed by atoms with Crippen molar-refractivity contribution in [2.45, 2.75) is 38.6 Å². The van der Waals surface area contributed by atoms with Crippen LogP contribution in [0.3, 0.4) is 0 Å². The van der Waals surface area contributed by atoms with Gasteiger partial charge < -0.3 is 5.32 Å². The number of hydrogen-bond acceptors (Lipinski definition) is 1. The third kappa shape index (κ3) is 1.40. The Hall–Kier alpha value is -0.560. The maximum atomic E-state index is 3.45. The first-order valence-corrected chi connectivity index (χ1v) is 6.31. The van der Waals surface area contributed by atoms with Crippen LogP contribution in [0, 0.1) is 17.3 Å². The predicted octanol–water partition coefficient (Wildman–Crippen LogP) is 2.90. The Morgan fingerprint density at radius 1 is 1.40 bits per heavy atom. The van der Waals surface area contributed by atoms with Crippen molar-refractivity contribution in [1.82, 2.24) is 5.32 Å². The third-order valence-corrected chi connectivity index (χ3v) is 4.71. The number of hydrogen-bond donors (Lipinski definition) is 1. The fraction of sp³-hybridized carbons (Fsp3) is 0.714. The van der Waals surface area contributed by atoms with Crippen molar-refractivity contribution in [1.29, 1.82) is 0 Å². The van der Waals surface area contributed by atoms with Gasteiger partial charge in [0.2, 0.25) is 0 Å². The quantitative estimate of drug-likeness (QED) is 0.727. The first-order valence-electron chi connectivity index (χ1n) is 6.31. The maximum Gasteiger partial charge on any atom is 0.00756 e. The van der Waals surface area contributed by atoms with Crippen LogP contribution in [-0.2, 0) is 0 Å². The first-order chi connectivity index (χ1) is 7.24. The second kappa shape index (κ2) is 3.21. The minimum Gasteiger partial charge on any atom is -0.317 e. The average Bonchev–Trinajstić information content (AvgIpc) is 2.83. The van der Waals surface area contributed by atoms with E-state index in [1.54, 1.807) is 5.57 Å². The van der Waals surface area contributed by atoms with E-state index in [-0.39, 0.29) is 0 Å². The first kappa shape index (κ1) is 9.65. The molecule has 4 atom stereocenters. The highest BCUT2D eigenvalue weighted by atomic mass is 14.9. The largest absolute Gasteiger partial charge is 0.317 e. The molecular formula is C14H21N. The monoisotopic (exact) mass is 203 g/mol. The van der Waals surface area contributed by atoms with Gasteiger partial charge in [-0.05, 0) is 55.6 Å². The summed E-state index contributed by atoms with van der Waals surface area (Å²) in [5.41, 5.74) is 2.26. The zero-order chi connectivity index (χ0) is 10.5. The number of fused-ring (bicyclic) bond motifs is 1. The summed E-state index contributed by atoms with van der Waals surface area (Å²) in [5.74, 6) is 1.74. The molecule has 0 radical (unpaired) electrons. The zero-order valence-electron chi connectivity index (χ0n) is 9.79. The van der Waals surface area contributed by atoms with Gasteiger partial charge >= 0.3 is 0 Å². The van der Waals surface area contributed by atoms with E-state index in [1.807, 2.05) is 0 Å². The minimum absolute atomic E-state index is 0.602. The number of rotatable bonds is 2. The molecule has 2 saturated carbocycles. The van der Waals surface area contributed by atoms with Gasteiger partial charge in [-0.3, -0.25) is 0 Å². The molecule has 82 valence electrons. The second-order valence-electron chi connectivity index (χ2n) is 5.71. The topological polar surface area (TPSA) is 12.0 Å². The molecule has 0 spiro atoms. The van der Waals surface area contributed by atoms with Crippen molar-refractivity contribution in [3.05, 3.63) is 23.8 Å². The maximum absolute atomic E-state index is 3.45. The summed E-state index contributed by atoms with van der Waals surface area (Å²) in [7, 11) is 2.11. The van der Waals surface area contributed by atoms with Crippen LogP contribution in [-0.4, -0.2) is 13.1 Å². The molecule has 0 aliphatic heterocycles. The second-order valence-corrected chi connectivity index (χ2v) is 5.71. The van der Waals surface area contributed by atoms with Gasteiger partial charge in [0, 0.05) is 6.04 Å². The molecule has 15 heavy (non-hydrogen) atoms. The van der Waals surface area contributed by atoms with Gasteiger partial charge in [0.15, 0.2) is 0 Å². The standard InChI is InChI=1S/C14H21N/c1-10-3-5-11(6-4-10)14-8-12(14)7-13(9-14)15-2/h3,5-6,10,12-13,15H,4,7-9H2,1-2H3. The fourth-order valence-electron chi connectivity index (χ4n) is 3.59. The smallest absolute Gasteiger partial charge is 0.00756 e. The van der Waals surface area contributed by atoms with Gasteiger partial charge in [-0.1, -0.05) is 25.2 Å². The molecule has 2 fully saturated rings. The van der Waals surface area contributed by atoms with Gasteiger partial charge in [-0.25, -0.2) is 0 Å². The molecule has 0 saturated heterocycles. The van der Waals surface area contributed by atoms with E-state index in [0.717, 1.165) is 17.9 Å². The molecule has 0 aromatic rings. The van der Waals surface area contributed by atoms with Crippen molar-refractivity contribution in [2.75, 3.05) is 7.05 Å². The summed E-state index contributed by atoms with van der Waals surface area (Å²) in [6, 6.07) is 0.775. The summed E-state index contributed by atoms with van der Waals surface area (Å²) < 4.78 is 0. The van der Waals surface area contributed by atoms with Crippen LogP contribution in [0.25, 0.3) is 0 Å². The van der Waals surface area contributed by atoms with Gasteiger partial charge in [0.05, 0.1) is 0 Å². The van der Waals surface area contributed by atoms with E-state index in [2.05, 4.69) is 37.5 Å². The lowest BCUT2D eigenvalue weighted by Gasteiger charge is -2.21. The lowest BCUT2D eigenvalue weighted by Crippen LogP contribution is -2.24. The van der Waals surface area contributed by atoms with E-state index < -0.39 is 0 Å². The molecule has 1 heteroatoms. The summed E-state index contributed by atoms with van der Waals surface area (Å²) in [5, 5.41) is 3.45. The van der Waals surface area contributed by atoms with Gasteiger partial charge in [0.25, 0.3) is 0 Å². The van der Waals surface area contributed by atoms with Gasteiger partial charge in [-0.2, -0.15) is 0 Å². The highest BCUT2D eigenvalue weighted by Crippen LogP contribution is 2.68. The molecular weight excluding hydrogens is 182 g/mol. The SMILES string of the molecule is CNC1CC2CC2(C2=CCC(C)C=C2)C1. The van der Waals surface area contributed by atoms with E-state index >= 15 is 0 Å². The van der Waals surface area contributed by atoms with Crippen LogP contribution in [0.4, 0.5) is 0 Å². The average molecular weight is 203 g/mol. The van der Waals surface area contributed by atoms with E-state index in [9.17, 15) is 0 Å². The Bertz CT molecular complexity index is 328.